The number of rotatable bonds is 7. The second-order valence-electron chi connectivity index (χ2n) is 5.03. The normalized spacial score (nSPS) is 12.7. The van der Waals surface area contributed by atoms with Gasteiger partial charge in [-0.2, -0.15) is 0 Å². The van der Waals surface area contributed by atoms with Crippen molar-refractivity contribution >= 4 is 5.97 Å². The van der Waals surface area contributed by atoms with Gasteiger partial charge in [0.1, 0.15) is 0 Å². The molecule has 0 heterocycles. The fourth-order valence-electron chi connectivity index (χ4n) is 1.64. The van der Waals surface area contributed by atoms with Crippen LogP contribution in [-0.4, -0.2) is 12.6 Å². The summed E-state index contributed by atoms with van der Waals surface area (Å²) in [5.74, 6) is -0.201. The molecule has 0 aromatic heterocycles. The van der Waals surface area contributed by atoms with E-state index < -0.39 is 0 Å². The van der Waals surface area contributed by atoms with Gasteiger partial charge in [0.2, 0.25) is 0 Å². The van der Waals surface area contributed by atoms with Gasteiger partial charge < -0.3 is 4.74 Å². The first-order valence-electron chi connectivity index (χ1n) is 6.25. The molecule has 0 saturated carbocycles. The number of carbonyl (C=O) groups is 1. The van der Waals surface area contributed by atoms with Gasteiger partial charge in [-0.05, 0) is 19.3 Å². The van der Waals surface area contributed by atoms with Gasteiger partial charge in [-0.25, -0.2) is 0 Å². The van der Waals surface area contributed by atoms with Crippen LogP contribution in [0.15, 0.2) is 11.6 Å². The Labute approximate surface area is 100 Å². The van der Waals surface area contributed by atoms with Crippen molar-refractivity contribution in [3.63, 3.8) is 0 Å². The molecule has 94 valence electrons. The molecular weight excluding hydrogens is 200 g/mol. The van der Waals surface area contributed by atoms with E-state index in [1.807, 2.05) is 0 Å². The molecule has 0 bridgehead atoms. The van der Waals surface area contributed by atoms with Crippen molar-refractivity contribution in [2.75, 3.05) is 6.61 Å². The average molecular weight is 226 g/mol. The first-order valence-corrected chi connectivity index (χ1v) is 6.25. The van der Waals surface area contributed by atoms with Crippen LogP contribution in [0.25, 0.3) is 0 Å². The summed E-state index contributed by atoms with van der Waals surface area (Å²) in [4.78, 5) is 10.8. The molecule has 2 heteroatoms. The number of allylic oxidation sites excluding steroid dienone is 1. The molecule has 0 atom stereocenters. The summed E-state index contributed by atoms with van der Waals surface area (Å²) in [5.41, 5.74) is 1.42. The molecule has 0 aliphatic carbocycles. The Morgan fingerprint density at radius 1 is 1.31 bits per heavy atom. The van der Waals surface area contributed by atoms with E-state index in [2.05, 4.69) is 33.8 Å². The van der Waals surface area contributed by atoms with Crippen molar-refractivity contribution < 1.29 is 9.53 Å². The van der Waals surface area contributed by atoms with Crippen molar-refractivity contribution in [2.45, 2.75) is 60.3 Å². The van der Waals surface area contributed by atoms with E-state index in [4.69, 9.17) is 4.74 Å². The van der Waals surface area contributed by atoms with E-state index in [-0.39, 0.29) is 11.4 Å². The molecule has 2 nitrogen and oxygen atoms in total. The molecule has 0 N–H and O–H groups in total. The van der Waals surface area contributed by atoms with Crippen LogP contribution < -0.4 is 0 Å². The first-order chi connectivity index (χ1) is 7.41. The molecule has 0 aliphatic heterocycles. The maximum absolute atomic E-state index is 10.8. The molecule has 0 unspecified atom stereocenters. The minimum absolute atomic E-state index is 0.0508. The van der Waals surface area contributed by atoms with Gasteiger partial charge in [0.05, 0.1) is 6.61 Å². The number of hydrogen-bond acceptors (Lipinski definition) is 2. The van der Waals surface area contributed by atoms with Crippen LogP contribution in [0, 0.1) is 5.41 Å². The van der Waals surface area contributed by atoms with E-state index in [9.17, 15) is 4.79 Å². The Bertz CT molecular complexity index is 239. The maximum Gasteiger partial charge on any atom is 0.302 e. The standard InChI is InChI=1S/C14H26O2/c1-6-8-9-13(7-2)10-14(4,5)11-16-12(3)15/h10H,6-9,11H2,1-5H3. The van der Waals surface area contributed by atoms with Crippen molar-refractivity contribution in [2.24, 2.45) is 5.41 Å². The average Bonchev–Trinajstić information content (AvgIpc) is 2.21. The highest BCUT2D eigenvalue weighted by Gasteiger charge is 2.17. The molecule has 0 amide bonds. The molecule has 0 fully saturated rings. The van der Waals surface area contributed by atoms with Gasteiger partial charge >= 0.3 is 5.97 Å². The van der Waals surface area contributed by atoms with Gasteiger partial charge in [0, 0.05) is 12.3 Å². The molecule has 16 heavy (non-hydrogen) atoms. The third-order valence-corrected chi connectivity index (χ3v) is 2.55. The molecular formula is C14H26O2. The maximum atomic E-state index is 10.8. The van der Waals surface area contributed by atoms with E-state index >= 15 is 0 Å². The summed E-state index contributed by atoms with van der Waals surface area (Å²) in [6.07, 6.45) is 6.98. The number of unbranched alkanes of at least 4 members (excludes halogenated alkanes) is 1. The van der Waals surface area contributed by atoms with Gasteiger partial charge in [0.15, 0.2) is 0 Å². The SMILES string of the molecule is CCCCC(=CC(C)(C)COC(C)=O)CC. The molecule has 0 rings (SSSR count). The molecule has 0 spiro atoms. The fraction of sp³-hybridized carbons (Fsp3) is 0.786. The Hall–Kier alpha value is -0.790. The molecule has 0 aliphatic rings. The number of carbonyl (C=O) groups excluding carboxylic acids is 1. The van der Waals surface area contributed by atoms with Gasteiger partial charge in [-0.3, -0.25) is 4.79 Å². The molecule has 0 aromatic carbocycles. The lowest BCUT2D eigenvalue weighted by molar-refractivity contribution is -0.143. The quantitative estimate of drug-likeness (QED) is 0.482. The first kappa shape index (κ1) is 15.2. The second kappa shape index (κ2) is 7.48. The van der Waals surface area contributed by atoms with Crippen LogP contribution in [0.2, 0.25) is 0 Å². The smallest absolute Gasteiger partial charge is 0.302 e. The third kappa shape index (κ3) is 7.49. The number of ether oxygens (including phenoxy) is 1. The minimum atomic E-state index is -0.201. The highest BCUT2D eigenvalue weighted by atomic mass is 16.5. The summed E-state index contributed by atoms with van der Waals surface area (Å²) in [7, 11) is 0. The lowest BCUT2D eigenvalue weighted by Crippen LogP contribution is -2.19. The van der Waals surface area contributed by atoms with E-state index in [1.54, 1.807) is 0 Å². The Morgan fingerprint density at radius 2 is 1.94 bits per heavy atom. The minimum Gasteiger partial charge on any atom is -0.465 e. The third-order valence-electron chi connectivity index (χ3n) is 2.55. The zero-order chi connectivity index (χ0) is 12.6. The van der Waals surface area contributed by atoms with Crippen LogP contribution in [0.3, 0.4) is 0 Å². The van der Waals surface area contributed by atoms with Crippen LogP contribution in [0.1, 0.15) is 60.3 Å². The predicted molar refractivity (Wildman–Crippen MR) is 68.3 cm³/mol. The van der Waals surface area contributed by atoms with Gasteiger partial charge in [-0.15, -0.1) is 0 Å². The summed E-state index contributed by atoms with van der Waals surface area (Å²) < 4.78 is 5.07. The monoisotopic (exact) mass is 226 g/mol. The van der Waals surface area contributed by atoms with Crippen LogP contribution in [0.4, 0.5) is 0 Å². The van der Waals surface area contributed by atoms with E-state index in [1.165, 1.54) is 25.3 Å². The highest BCUT2D eigenvalue weighted by molar-refractivity contribution is 5.65. The Kier molecular flexibility index (Phi) is 7.11. The van der Waals surface area contributed by atoms with E-state index in [0.717, 1.165) is 12.8 Å². The molecule has 0 radical (unpaired) electrons. The zero-order valence-corrected chi connectivity index (χ0v) is 11.4. The number of esters is 1. The second-order valence-corrected chi connectivity index (χ2v) is 5.03. The molecule has 0 saturated heterocycles. The zero-order valence-electron chi connectivity index (χ0n) is 11.4. The highest BCUT2D eigenvalue weighted by Crippen LogP contribution is 2.23. The van der Waals surface area contributed by atoms with Crippen molar-refractivity contribution in [1.29, 1.82) is 0 Å². The van der Waals surface area contributed by atoms with E-state index in [0.29, 0.717) is 6.61 Å². The van der Waals surface area contributed by atoms with Gasteiger partial charge in [-0.1, -0.05) is 45.8 Å². The summed E-state index contributed by atoms with van der Waals surface area (Å²) in [6.45, 7) is 10.5. The number of hydrogen-bond donors (Lipinski definition) is 0. The van der Waals surface area contributed by atoms with Crippen LogP contribution >= 0.6 is 0 Å². The fourth-order valence-corrected chi connectivity index (χ4v) is 1.64. The van der Waals surface area contributed by atoms with Gasteiger partial charge in [0.25, 0.3) is 0 Å². The largest absolute Gasteiger partial charge is 0.465 e. The Balaban J connectivity index is 4.34. The molecule has 0 aromatic rings. The van der Waals surface area contributed by atoms with Crippen LogP contribution in [-0.2, 0) is 9.53 Å². The van der Waals surface area contributed by atoms with Crippen molar-refractivity contribution in [3.05, 3.63) is 11.6 Å². The summed E-state index contributed by atoms with van der Waals surface area (Å²) >= 11 is 0. The Morgan fingerprint density at radius 3 is 2.38 bits per heavy atom. The topological polar surface area (TPSA) is 26.3 Å². The predicted octanol–water partition coefficient (Wildman–Crippen LogP) is 4.10. The van der Waals surface area contributed by atoms with Crippen molar-refractivity contribution in [1.82, 2.24) is 0 Å². The van der Waals surface area contributed by atoms with Crippen molar-refractivity contribution in [3.8, 4) is 0 Å². The lowest BCUT2D eigenvalue weighted by atomic mass is 9.89. The summed E-state index contributed by atoms with van der Waals surface area (Å²) in [5, 5.41) is 0. The van der Waals surface area contributed by atoms with Crippen LogP contribution in [0.5, 0.6) is 0 Å². The lowest BCUT2D eigenvalue weighted by Gasteiger charge is -2.21. The summed E-state index contributed by atoms with van der Waals surface area (Å²) in [6, 6.07) is 0.